The summed E-state index contributed by atoms with van der Waals surface area (Å²) in [5.41, 5.74) is 5.17. The molecule has 4 rings (SSSR count). The molecule has 5 nitrogen and oxygen atoms in total. The molecule has 0 spiro atoms. The van der Waals surface area contributed by atoms with E-state index in [9.17, 15) is 19.8 Å². The summed E-state index contributed by atoms with van der Waals surface area (Å²) in [6, 6.07) is 25.4. The molecule has 1 amide bonds. The molecule has 3 aromatic rings. The first kappa shape index (κ1) is 21.0. The van der Waals surface area contributed by atoms with Gasteiger partial charge in [0.05, 0.1) is 0 Å². The lowest BCUT2D eigenvalue weighted by Crippen LogP contribution is -2.47. The minimum absolute atomic E-state index is 0.195. The van der Waals surface area contributed by atoms with Crippen LogP contribution in [-0.4, -0.2) is 34.1 Å². The third-order valence-corrected chi connectivity index (χ3v) is 5.84. The smallest absolute Gasteiger partial charge is 0.252 e. The van der Waals surface area contributed by atoms with Crippen molar-refractivity contribution in [2.45, 2.75) is 31.6 Å². The molecule has 1 aliphatic carbocycles. The highest BCUT2D eigenvalue weighted by molar-refractivity contribution is 5.93. The highest BCUT2D eigenvalue weighted by Crippen LogP contribution is 2.28. The fraction of sp³-hybridized carbons (Fsp3) is 0.231. The van der Waals surface area contributed by atoms with Crippen molar-refractivity contribution in [3.8, 4) is 11.1 Å². The maximum atomic E-state index is 12.6. The summed E-state index contributed by atoms with van der Waals surface area (Å²) in [5.74, 6) is -1.67. The van der Waals surface area contributed by atoms with Gasteiger partial charge in [-0.3, -0.25) is 9.59 Å². The predicted molar refractivity (Wildman–Crippen MR) is 118 cm³/mol. The SMILES string of the molecule is O=C(NCc1ccc(-c2ccccc2)cc1)C(O)C(O)C(=O)C1Cc2ccccc2C1. The minimum atomic E-state index is -1.79. The summed E-state index contributed by atoms with van der Waals surface area (Å²) in [5, 5.41) is 23.1. The number of nitrogens with one attached hydrogen (secondary N) is 1. The van der Waals surface area contributed by atoms with E-state index in [0.29, 0.717) is 12.8 Å². The summed E-state index contributed by atoms with van der Waals surface area (Å²) >= 11 is 0. The van der Waals surface area contributed by atoms with E-state index in [1.165, 1.54) is 0 Å². The third kappa shape index (κ3) is 4.74. The largest absolute Gasteiger partial charge is 0.382 e. The lowest BCUT2D eigenvalue weighted by Gasteiger charge is -2.19. The molecular formula is C26H25NO4. The zero-order chi connectivity index (χ0) is 21.8. The number of aliphatic hydroxyl groups is 2. The molecule has 0 saturated heterocycles. The number of hydrogen-bond acceptors (Lipinski definition) is 4. The van der Waals surface area contributed by atoms with Crippen LogP contribution in [0, 0.1) is 5.92 Å². The van der Waals surface area contributed by atoms with Crippen LogP contribution in [0.2, 0.25) is 0 Å². The Hall–Kier alpha value is -3.28. The molecule has 0 aliphatic heterocycles. The summed E-state index contributed by atoms with van der Waals surface area (Å²) < 4.78 is 0. The van der Waals surface area contributed by atoms with Crippen LogP contribution in [0.5, 0.6) is 0 Å². The standard InChI is InChI=1S/C26H25NO4/c28-23(22-14-20-8-4-5-9-21(20)15-22)24(29)25(30)26(31)27-16-17-10-12-19(13-11-17)18-6-2-1-3-7-18/h1-13,22,24-25,29-30H,14-16H2,(H,27,31). The highest BCUT2D eigenvalue weighted by atomic mass is 16.3. The first-order valence-corrected chi connectivity index (χ1v) is 10.4. The predicted octanol–water partition coefficient (Wildman–Crippen LogP) is 2.68. The molecule has 5 heteroatoms. The molecule has 158 valence electrons. The summed E-state index contributed by atoms with van der Waals surface area (Å²) in [4.78, 5) is 24.9. The molecule has 0 bridgehead atoms. The number of aliphatic hydroxyl groups excluding tert-OH is 2. The average molecular weight is 415 g/mol. The van der Waals surface area contributed by atoms with E-state index in [1.807, 2.05) is 78.9 Å². The Labute approximate surface area is 181 Å². The number of carbonyl (C=O) groups excluding carboxylic acids is 2. The van der Waals surface area contributed by atoms with Crippen LogP contribution in [-0.2, 0) is 29.0 Å². The van der Waals surface area contributed by atoms with Crippen LogP contribution >= 0.6 is 0 Å². The Balaban J connectivity index is 1.30. The average Bonchev–Trinajstić information content (AvgIpc) is 3.26. The van der Waals surface area contributed by atoms with Gasteiger partial charge < -0.3 is 15.5 Å². The van der Waals surface area contributed by atoms with Crippen molar-refractivity contribution in [3.05, 3.63) is 95.6 Å². The molecule has 2 unspecified atom stereocenters. The lowest BCUT2D eigenvalue weighted by molar-refractivity contribution is -0.147. The molecular weight excluding hydrogens is 390 g/mol. The van der Waals surface area contributed by atoms with Gasteiger partial charge in [0.15, 0.2) is 11.9 Å². The van der Waals surface area contributed by atoms with E-state index in [4.69, 9.17) is 0 Å². The number of ketones is 1. The zero-order valence-electron chi connectivity index (χ0n) is 17.1. The van der Waals surface area contributed by atoms with Gasteiger partial charge in [0.1, 0.15) is 6.10 Å². The fourth-order valence-electron chi connectivity index (χ4n) is 4.04. The molecule has 3 N–H and O–H groups in total. The molecule has 3 aromatic carbocycles. The number of amides is 1. The van der Waals surface area contributed by atoms with E-state index < -0.39 is 29.8 Å². The first-order valence-electron chi connectivity index (χ1n) is 10.4. The van der Waals surface area contributed by atoms with Crippen molar-refractivity contribution < 1.29 is 19.8 Å². The van der Waals surface area contributed by atoms with Crippen molar-refractivity contribution in [1.82, 2.24) is 5.32 Å². The van der Waals surface area contributed by atoms with Gasteiger partial charge in [-0.15, -0.1) is 0 Å². The van der Waals surface area contributed by atoms with Gasteiger partial charge in [0.2, 0.25) is 0 Å². The van der Waals surface area contributed by atoms with Gasteiger partial charge in [0, 0.05) is 12.5 Å². The van der Waals surface area contributed by atoms with E-state index in [1.54, 1.807) is 0 Å². The van der Waals surface area contributed by atoms with E-state index in [-0.39, 0.29) is 6.54 Å². The number of Topliss-reactive ketones (excluding diaryl/α,β-unsaturated/α-hetero) is 1. The molecule has 2 atom stereocenters. The van der Waals surface area contributed by atoms with Crippen LogP contribution in [0.3, 0.4) is 0 Å². The number of carbonyl (C=O) groups is 2. The van der Waals surface area contributed by atoms with Gasteiger partial charge in [-0.1, -0.05) is 78.9 Å². The van der Waals surface area contributed by atoms with Gasteiger partial charge in [-0.05, 0) is 40.7 Å². The summed E-state index contributed by atoms with van der Waals surface area (Å²) in [6.07, 6.45) is -2.48. The van der Waals surface area contributed by atoms with Crippen LogP contribution in [0.15, 0.2) is 78.9 Å². The van der Waals surface area contributed by atoms with Crippen LogP contribution in [0.4, 0.5) is 0 Å². The second kappa shape index (κ2) is 9.25. The second-order valence-electron chi connectivity index (χ2n) is 7.95. The van der Waals surface area contributed by atoms with Gasteiger partial charge in [-0.25, -0.2) is 0 Å². The fourth-order valence-corrected chi connectivity index (χ4v) is 4.04. The third-order valence-electron chi connectivity index (χ3n) is 5.84. The Morgan fingerprint density at radius 2 is 1.32 bits per heavy atom. The van der Waals surface area contributed by atoms with Crippen LogP contribution < -0.4 is 5.32 Å². The maximum absolute atomic E-state index is 12.6. The second-order valence-corrected chi connectivity index (χ2v) is 7.95. The van der Waals surface area contributed by atoms with Gasteiger partial charge in [0.25, 0.3) is 5.91 Å². The molecule has 0 fully saturated rings. The van der Waals surface area contributed by atoms with Crippen molar-refractivity contribution in [2.24, 2.45) is 5.92 Å². The van der Waals surface area contributed by atoms with Crippen LogP contribution in [0.25, 0.3) is 11.1 Å². The summed E-state index contributed by atoms with van der Waals surface area (Å²) in [7, 11) is 0. The Kier molecular flexibility index (Phi) is 6.26. The highest BCUT2D eigenvalue weighted by Gasteiger charge is 2.37. The van der Waals surface area contributed by atoms with E-state index >= 15 is 0 Å². The van der Waals surface area contributed by atoms with Crippen molar-refractivity contribution >= 4 is 11.7 Å². The minimum Gasteiger partial charge on any atom is -0.382 e. The number of fused-ring (bicyclic) bond motifs is 1. The van der Waals surface area contributed by atoms with E-state index in [2.05, 4.69) is 5.32 Å². The normalized spacial score (nSPS) is 15.2. The Bertz CT molecular complexity index is 1040. The number of benzene rings is 3. The molecule has 31 heavy (non-hydrogen) atoms. The van der Waals surface area contributed by atoms with Crippen molar-refractivity contribution in [1.29, 1.82) is 0 Å². The molecule has 0 aromatic heterocycles. The summed E-state index contributed by atoms with van der Waals surface area (Å²) in [6.45, 7) is 0.195. The van der Waals surface area contributed by atoms with Gasteiger partial charge in [-0.2, -0.15) is 0 Å². The number of rotatable bonds is 7. The van der Waals surface area contributed by atoms with E-state index in [0.717, 1.165) is 27.8 Å². The molecule has 1 aliphatic rings. The lowest BCUT2D eigenvalue weighted by atomic mass is 9.94. The molecule has 0 saturated carbocycles. The van der Waals surface area contributed by atoms with Crippen molar-refractivity contribution in [3.63, 3.8) is 0 Å². The number of hydrogen-bond donors (Lipinski definition) is 3. The zero-order valence-corrected chi connectivity index (χ0v) is 17.1. The topological polar surface area (TPSA) is 86.6 Å². The monoisotopic (exact) mass is 415 g/mol. The van der Waals surface area contributed by atoms with Crippen LogP contribution in [0.1, 0.15) is 16.7 Å². The Morgan fingerprint density at radius 3 is 1.94 bits per heavy atom. The quantitative estimate of drug-likeness (QED) is 0.554. The molecule has 0 heterocycles. The maximum Gasteiger partial charge on any atom is 0.252 e. The molecule has 0 radical (unpaired) electrons. The first-order chi connectivity index (χ1) is 15.0. The Morgan fingerprint density at radius 1 is 0.774 bits per heavy atom. The van der Waals surface area contributed by atoms with Crippen molar-refractivity contribution in [2.75, 3.05) is 0 Å². The van der Waals surface area contributed by atoms with Gasteiger partial charge >= 0.3 is 0 Å².